The predicted molar refractivity (Wildman–Crippen MR) is 159 cm³/mol. The molecule has 0 spiro atoms. The van der Waals surface area contributed by atoms with E-state index in [2.05, 4.69) is 51.3 Å². The van der Waals surface area contributed by atoms with Gasteiger partial charge in [0, 0.05) is 25.4 Å². The van der Waals surface area contributed by atoms with E-state index < -0.39 is 5.97 Å². The van der Waals surface area contributed by atoms with E-state index in [0.29, 0.717) is 5.41 Å². The molecular formula is C34H56N2O4. The minimum atomic E-state index is -0.989. The van der Waals surface area contributed by atoms with Gasteiger partial charge in [-0.3, -0.25) is 14.4 Å². The maximum Gasteiger partial charge on any atom is 0.303 e. The molecule has 0 radical (unpaired) electrons. The van der Waals surface area contributed by atoms with Gasteiger partial charge >= 0.3 is 5.97 Å². The van der Waals surface area contributed by atoms with Gasteiger partial charge in [-0.25, -0.2) is 0 Å². The Morgan fingerprint density at radius 3 is 2.45 bits per heavy atom. The van der Waals surface area contributed by atoms with Crippen LogP contribution in [0.1, 0.15) is 125 Å². The number of carboxylic acid groups (broad SMARTS) is 1. The van der Waals surface area contributed by atoms with Crippen molar-refractivity contribution in [1.29, 1.82) is 0 Å². The topological polar surface area (TPSA) is 95.5 Å². The van der Waals surface area contributed by atoms with Gasteiger partial charge in [0.05, 0.1) is 6.42 Å². The third-order valence-corrected chi connectivity index (χ3v) is 11.9. The smallest absolute Gasteiger partial charge is 0.303 e. The summed E-state index contributed by atoms with van der Waals surface area (Å²) in [5.74, 6) is 3.65. The lowest BCUT2D eigenvalue weighted by atomic mass is 9.47. The van der Waals surface area contributed by atoms with E-state index in [1.807, 2.05) is 0 Å². The Kier molecular flexibility index (Phi) is 10.1. The Labute approximate surface area is 242 Å². The number of aliphatic carboxylic acids is 1. The van der Waals surface area contributed by atoms with Gasteiger partial charge in [0.15, 0.2) is 0 Å². The molecule has 0 saturated heterocycles. The van der Waals surface area contributed by atoms with Crippen molar-refractivity contribution in [3.63, 3.8) is 0 Å². The molecule has 3 N–H and O–H groups in total. The summed E-state index contributed by atoms with van der Waals surface area (Å²) in [4.78, 5) is 34.9. The molecule has 0 aliphatic heterocycles. The number of fused-ring (bicyclic) bond motifs is 5. The van der Waals surface area contributed by atoms with Crippen LogP contribution in [-0.2, 0) is 14.4 Å². The van der Waals surface area contributed by atoms with Gasteiger partial charge < -0.3 is 15.7 Å². The highest BCUT2D eigenvalue weighted by atomic mass is 16.4. The molecule has 6 nitrogen and oxygen atoms in total. The monoisotopic (exact) mass is 556 g/mol. The number of hydrogen-bond donors (Lipinski definition) is 3. The largest absolute Gasteiger partial charge is 0.481 e. The highest BCUT2D eigenvalue weighted by Crippen LogP contribution is 2.67. The zero-order valence-corrected chi connectivity index (χ0v) is 25.9. The molecule has 226 valence electrons. The number of hydrogen-bond acceptors (Lipinski definition) is 3. The second kappa shape index (κ2) is 13.0. The average Bonchev–Trinajstić information content (AvgIpc) is 3.24. The molecule has 0 heterocycles. The number of carboxylic acids is 1. The molecule has 0 aromatic heterocycles. The van der Waals surface area contributed by atoms with Gasteiger partial charge in [-0.15, -0.1) is 0 Å². The second-order valence-corrected chi connectivity index (χ2v) is 14.8. The van der Waals surface area contributed by atoms with E-state index in [0.717, 1.165) is 54.8 Å². The third-order valence-electron chi connectivity index (χ3n) is 11.9. The van der Waals surface area contributed by atoms with Crippen molar-refractivity contribution in [3.8, 4) is 0 Å². The quantitative estimate of drug-likeness (QED) is 0.228. The molecular weight excluding hydrogens is 500 g/mol. The van der Waals surface area contributed by atoms with Crippen LogP contribution in [0.25, 0.3) is 0 Å². The number of amides is 2. The standard InChI is InChI=1S/C34H56N2O4/c1-22(2)7-6-8-23(3)27-11-12-28-26-10-9-24-21-25(15-18-33(24,4)29(26)16-19-34(27,28)5)36-31(38)17-20-35-30(37)13-14-32(39)40/h9,22-23,25-29H,6-8,10-21H2,1-5H3,(H,35,37)(H,36,38)(H,39,40)/t23-,25+,26?,27-,28?,29?,33+,34-/m1/s1. The van der Waals surface area contributed by atoms with Crippen LogP contribution < -0.4 is 10.6 Å². The second-order valence-electron chi connectivity index (χ2n) is 14.8. The fraction of sp³-hybridized carbons (Fsp3) is 0.853. The highest BCUT2D eigenvalue weighted by Gasteiger charge is 2.59. The molecule has 4 aliphatic rings. The van der Waals surface area contributed by atoms with E-state index in [9.17, 15) is 14.4 Å². The van der Waals surface area contributed by atoms with E-state index in [1.165, 1.54) is 51.4 Å². The van der Waals surface area contributed by atoms with Crippen molar-refractivity contribution >= 4 is 17.8 Å². The van der Waals surface area contributed by atoms with Crippen LogP contribution in [0.15, 0.2) is 11.6 Å². The maximum atomic E-state index is 12.6. The van der Waals surface area contributed by atoms with E-state index in [-0.39, 0.29) is 49.1 Å². The first-order valence-corrected chi connectivity index (χ1v) is 16.4. The molecule has 40 heavy (non-hydrogen) atoms. The van der Waals surface area contributed by atoms with Crippen molar-refractivity contribution < 1.29 is 19.5 Å². The summed E-state index contributed by atoms with van der Waals surface area (Å²) < 4.78 is 0. The average molecular weight is 557 g/mol. The zero-order chi connectivity index (χ0) is 29.1. The molecule has 3 saturated carbocycles. The fourth-order valence-electron chi connectivity index (χ4n) is 9.73. The van der Waals surface area contributed by atoms with Crippen molar-refractivity contribution in [3.05, 3.63) is 11.6 Å². The molecule has 4 rings (SSSR count). The van der Waals surface area contributed by atoms with Crippen molar-refractivity contribution in [2.24, 2.45) is 46.3 Å². The Balaban J connectivity index is 1.30. The lowest BCUT2D eigenvalue weighted by molar-refractivity contribution is -0.138. The molecule has 0 bridgehead atoms. The summed E-state index contributed by atoms with van der Waals surface area (Å²) in [6.45, 7) is 12.7. The van der Waals surface area contributed by atoms with Crippen LogP contribution in [-0.4, -0.2) is 35.5 Å². The molecule has 0 aromatic carbocycles. The van der Waals surface area contributed by atoms with E-state index >= 15 is 0 Å². The summed E-state index contributed by atoms with van der Waals surface area (Å²) in [6.07, 6.45) is 16.6. The molecule has 3 unspecified atom stereocenters. The molecule has 0 aromatic rings. The van der Waals surface area contributed by atoms with Crippen LogP contribution in [0.5, 0.6) is 0 Å². The Morgan fingerprint density at radius 2 is 1.73 bits per heavy atom. The summed E-state index contributed by atoms with van der Waals surface area (Å²) >= 11 is 0. The highest BCUT2D eigenvalue weighted by molar-refractivity contribution is 5.81. The third kappa shape index (κ3) is 6.78. The molecule has 6 heteroatoms. The molecule has 8 atom stereocenters. The van der Waals surface area contributed by atoms with E-state index in [1.54, 1.807) is 5.57 Å². The predicted octanol–water partition coefficient (Wildman–Crippen LogP) is 6.88. The summed E-state index contributed by atoms with van der Waals surface area (Å²) in [6, 6.07) is 0.169. The number of carbonyl (C=O) groups is 3. The molecule has 3 fully saturated rings. The van der Waals surface area contributed by atoms with Gasteiger partial charge in [0.1, 0.15) is 0 Å². The number of rotatable bonds is 12. The SMILES string of the molecule is CC(C)CCC[C@@H](C)[C@H]1CCC2C3CC=C4C[C@@H](NC(=O)CCNC(=O)CCC(=O)O)CC[C@]4(C)C3CC[C@@]21C. The first kappa shape index (κ1) is 31.1. The Morgan fingerprint density at radius 1 is 0.950 bits per heavy atom. The number of allylic oxidation sites excluding steroid dienone is 1. The summed E-state index contributed by atoms with van der Waals surface area (Å²) in [5.41, 5.74) is 2.35. The van der Waals surface area contributed by atoms with Gasteiger partial charge in [-0.1, -0.05) is 65.5 Å². The maximum absolute atomic E-state index is 12.6. The van der Waals surface area contributed by atoms with Crippen LogP contribution in [0.2, 0.25) is 0 Å². The van der Waals surface area contributed by atoms with Crippen molar-refractivity contribution in [2.75, 3.05) is 6.54 Å². The minimum absolute atomic E-state index is 0.0330. The fourth-order valence-corrected chi connectivity index (χ4v) is 9.73. The van der Waals surface area contributed by atoms with Crippen molar-refractivity contribution in [2.45, 2.75) is 131 Å². The van der Waals surface area contributed by atoms with Gasteiger partial charge in [0.25, 0.3) is 0 Å². The molecule has 4 aliphatic carbocycles. The van der Waals surface area contributed by atoms with Crippen LogP contribution >= 0.6 is 0 Å². The Hall–Kier alpha value is -1.85. The van der Waals surface area contributed by atoms with E-state index in [4.69, 9.17) is 5.11 Å². The number of carbonyl (C=O) groups excluding carboxylic acids is 2. The zero-order valence-electron chi connectivity index (χ0n) is 25.9. The number of nitrogens with one attached hydrogen (secondary N) is 2. The first-order valence-electron chi connectivity index (χ1n) is 16.4. The minimum Gasteiger partial charge on any atom is -0.481 e. The first-order chi connectivity index (χ1) is 18.9. The Bertz CT molecular complexity index is 960. The normalized spacial score (nSPS) is 35.6. The summed E-state index contributed by atoms with van der Waals surface area (Å²) in [5, 5.41) is 14.6. The lowest BCUT2D eigenvalue weighted by Crippen LogP contribution is -2.52. The van der Waals surface area contributed by atoms with Crippen LogP contribution in [0.4, 0.5) is 0 Å². The molecule has 2 amide bonds. The van der Waals surface area contributed by atoms with Crippen LogP contribution in [0, 0.1) is 46.3 Å². The van der Waals surface area contributed by atoms with Crippen LogP contribution in [0.3, 0.4) is 0 Å². The van der Waals surface area contributed by atoms with Gasteiger partial charge in [-0.05, 0) is 97.7 Å². The summed E-state index contributed by atoms with van der Waals surface area (Å²) in [7, 11) is 0. The lowest BCUT2D eigenvalue weighted by Gasteiger charge is -2.58. The van der Waals surface area contributed by atoms with Crippen molar-refractivity contribution in [1.82, 2.24) is 10.6 Å². The van der Waals surface area contributed by atoms with Gasteiger partial charge in [0.2, 0.25) is 11.8 Å². The van der Waals surface area contributed by atoms with Gasteiger partial charge in [-0.2, -0.15) is 0 Å².